The second kappa shape index (κ2) is 6.08. The molecule has 0 unspecified atom stereocenters. The summed E-state index contributed by atoms with van der Waals surface area (Å²) in [5.74, 6) is -2.68. The van der Waals surface area contributed by atoms with Crippen LogP contribution in [0.3, 0.4) is 0 Å². The zero-order valence-electron chi connectivity index (χ0n) is 10.1. The van der Waals surface area contributed by atoms with E-state index in [1.54, 1.807) is 18.2 Å². The highest BCUT2D eigenvalue weighted by molar-refractivity contribution is 9.10. The van der Waals surface area contributed by atoms with Gasteiger partial charge in [0, 0.05) is 37.1 Å². The summed E-state index contributed by atoms with van der Waals surface area (Å²) in [6.07, 6.45) is -0.210. The van der Waals surface area contributed by atoms with Crippen molar-refractivity contribution in [2.45, 2.75) is 12.3 Å². The van der Waals surface area contributed by atoms with Crippen molar-refractivity contribution in [3.63, 3.8) is 0 Å². The number of nitrogens with zero attached hydrogens (tertiary/aromatic N) is 1. The predicted molar refractivity (Wildman–Crippen MR) is 72.1 cm³/mol. The topological polar surface area (TPSA) is 15.3 Å². The first-order valence-electron chi connectivity index (χ1n) is 6.11. The number of hydrogen-bond donors (Lipinski definition) is 1. The molecule has 0 atom stereocenters. The molecule has 2 rings (SSSR count). The van der Waals surface area contributed by atoms with Gasteiger partial charge in [-0.05, 0) is 11.6 Å². The molecule has 18 heavy (non-hydrogen) atoms. The van der Waals surface area contributed by atoms with Crippen molar-refractivity contribution in [3.8, 4) is 0 Å². The number of rotatable bonds is 4. The molecule has 0 radical (unpaired) electrons. The van der Waals surface area contributed by atoms with Crippen molar-refractivity contribution in [2.75, 3.05) is 32.7 Å². The highest BCUT2D eigenvalue weighted by Crippen LogP contribution is 2.26. The van der Waals surface area contributed by atoms with Crippen LogP contribution in [0.15, 0.2) is 28.7 Å². The summed E-state index contributed by atoms with van der Waals surface area (Å²) in [5, 5.41) is 3.17. The minimum atomic E-state index is -2.68. The second-order valence-corrected chi connectivity index (χ2v) is 5.50. The zero-order valence-corrected chi connectivity index (χ0v) is 11.7. The van der Waals surface area contributed by atoms with E-state index in [-0.39, 0.29) is 13.0 Å². The fourth-order valence-electron chi connectivity index (χ4n) is 2.17. The van der Waals surface area contributed by atoms with Crippen LogP contribution in [-0.2, 0) is 6.42 Å². The highest BCUT2D eigenvalue weighted by Gasteiger charge is 2.32. The Morgan fingerprint density at radius 3 is 2.56 bits per heavy atom. The number of halogens is 3. The molecule has 0 spiro atoms. The SMILES string of the molecule is FC(F)(Cc1ccccc1Br)CN1CCNCC1. The first kappa shape index (κ1) is 13.9. The highest BCUT2D eigenvalue weighted by atomic mass is 79.9. The van der Waals surface area contributed by atoms with Crippen LogP contribution in [0, 0.1) is 0 Å². The number of alkyl halides is 2. The van der Waals surface area contributed by atoms with Crippen LogP contribution in [0.5, 0.6) is 0 Å². The van der Waals surface area contributed by atoms with Gasteiger partial charge in [0.2, 0.25) is 0 Å². The first-order chi connectivity index (χ1) is 8.57. The number of benzene rings is 1. The van der Waals surface area contributed by atoms with Gasteiger partial charge < -0.3 is 5.32 Å². The Morgan fingerprint density at radius 2 is 1.89 bits per heavy atom. The Labute approximate surface area is 114 Å². The van der Waals surface area contributed by atoms with Crippen molar-refractivity contribution in [1.29, 1.82) is 0 Å². The smallest absolute Gasteiger partial charge is 0.264 e. The van der Waals surface area contributed by atoms with Crippen molar-refractivity contribution < 1.29 is 8.78 Å². The Balaban J connectivity index is 1.96. The van der Waals surface area contributed by atoms with Crippen LogP contribution >= 0.6 is 15.9 Å². The molecule has 0 saturated carbocycles. The average molecular weight is 319 g/mol. The lowest BCUT2D eigenvalue weighted by molar-refractivity contribution is -0.0338. The van der Waals surface area contributed by atoms with E-state index in [0.29, 0.717) is 18.7 Å². The minimum absolute atomic E-state index is 0.157. The molecule has 1 aliphatic heterocycles. The van der Waals surface area contributed by atoms with Crippen LogP contribution < -0.4 is 5.32 Å². The van der Waals surface area contributed by atoms with E-state index < -0.39 is 5.92 Å². The summed E-state index contributed by atoms with van der Waals surface area (Å²) >= 11 is 3.32. The van der Waals surface area contributed by atoms with Gasteiger partial charge in [0.25, 0.3) is 5.92 Å². The Morgan fingerprint density at radius 1 is 1.22 bits per heavy atom. The number of hydrogen-bond acceptors (Lipinski definition) is 2. The molecule has 2 nitrogen and oxygen atoms in total. The molecule has 0 amide bonds. The summed E-state index contributed by atoms with van der Waals surface area (Å²) in [5.41, 5.74) is 0.664. The van der Waals surface area contributed by atoms with E-state index in [4.69, 9.17) is 0 Å². The maximum Gasteiger partial charge on any atom is 0.264 e. The number of piperazine rings is 1. The zero-order chi connectivity index (χ0) is 13.0. The first-order valence-corrected chi connectivity index (χ1v) is 6.90. The Bertz CT molecular complexity index is 392. The molecule has 0 aromatic heterocycles. The summed E-state index contributed by atoms with van der Waals surface area (Å²) in [6, 6.07) is 7.18. The summed E-state index contributed by atoms with van der Waals surface area (Å²) in [4.78, 5) is 1.83. The van der Waals surface area contributed by atoms with E-state index in [1.807, 2.05) is 11.0 Å². The molecule has 1 heterocycles. The third-order valence-electron chi connectivity index (χ3n) is 3.07. The molecular weight excluding hydrogens is 302 g/mol. The van der Waals surface area contributed by atoms with Gasteiger partial charge in [0.1, 0.15) is 0 Å². The van der Waals surface area contributed by atoms with E-state index in [0.717, 1.165) is 17.6 Å². The Hall–Kier alpha value is -0.520. The van der Waals surface area contributed by atoms with Gasteiger partial charge in [0.05, 0.1) is 6.54 Å². The normalized spacial score (nSPS) is 17.9. The molecule has 1 fully saturated rings. The number of nitrogens with one attached hydrogen (secondary N) is 1. The van der Waals surface area contributed by atoms with Crippen molar-refractivity contribution in [3.05, 3.63) is 34.3 Å². The van der Waals surface area contributed by atoms with Crippen LogP contribution in [0.1, 0.15) is 5.56 Å². The molecule has 1 aliphatic rings. The molecule has 0 bridgehead atoms. The second-order valence-electron chi connectivity index (χ2n) is 4.65. The van der Waals surface area contributed by atoms with Crippen LogP contribution in [0.4, 0.5) is 8.78 Å². The van der Waals surface area contributed by atoms with Crippen LogP contribution in [0.2, 0.25) is 0 Å². The standard InChI is InChI=1S/C13H17BrF2N2/c14-12-4-2-1-3-11(12)9-13(15,16)10-18-7-5-17-6-8-18/h1-4,17H,5-10H2. The van der Waals surface area contributed by atoms with E-state index in [9.17, 15) is 8.78 Å². The Kier molecular flexibility index (Phi) is 4.70. The minimum Gasteiger partial charge on any atom is -0.314 e. The van der Waals surface area contributed by atoms with Gasteiger partial charge in [-0.25, -0.2) is 8.78 Å². The summed E-state index contributed by atoms with van der Waals surface area (Å²) in [7, 11) is 0. The molecular formula is C13H17BrF2N2. The molecule has 0 aliphatic carbocycles. The third-order valence-corrected chi connectivity index (χ3v) is 3.85. The van der Waals surface area contributed by atoms with Gasteiger partial charge >= 0.3 is 0 Å². The van der Waals surface area contributed by atoms with Gasteiger partial charge in [-0.3, -0.25) is 4.90 Å². The fraction of sp³-hybridized carbons (Fsp3) is 0.538. The van der Waals surface area contributed by atoms with Crippen molar-refractivity contribution in [2.24, 2.45) is 0 Å². The van der Waals surface area contributed by atoms with Gasteiger partial charge in [0.15, 0.2) is 0 Å². The van der Waals surface area contributed by atoms with Crippen LogP contribution in [-0.4, -0.2) is 43.5 Å². The lowest BCUT2D eigenvalue weighted by Crippen LogP contribution is -2.48. The predicted octanol–water partition coefficient (Wildman–Crippen LogP) is 2.53. The molecule has 5 heteroatoms. The average Bonchev–Trinajstić information content (AvgIpc) is 2.32. The lowest BCUT2D eigenvalue weighted by atomic mass is 10.1. The molecule has 1 N–H and O–H groups in total. The molecule has 1 saturated heterocycles. The van der Waals surface area contributed by atoms with Gasteiger partial charge in [-0.1, -0.05) is 34.1 Å². The molecule has 1 aromatic rings. The monoisotopic (exact) mass is 318 g/mol. The van der Waals surface area contributed by atoms with E-state index in [1.165, 1.54) is 0 Å². The van der Waals surface area contributed by atoms with Gasteiger partial charge in [-0.2, -0.15) is 0 Å². The van der Waals surface area contributed by atoms with Crippen molar-refractivity contribution in [1.82, 2.24) is 10.2 Å². The van der Waals surface area contributed by atoms with E-state index >= 15 is 0 Å². The maximum absolute atomic E-state index is 14.0. The maximum atomic E-state index is 14.0. The van der Waals surface area contributed by atoms with Crippen LogP contribution in [0.25, 0.3) is 0 Å². The quantitative estimate of drug-likeness (QED) is 0.917. The lowest BCUT2D eigenvalue weighted by Gasteiger charge is -2.30. The molecule has 100 valence electrons. The summed E-state index contributed by atoms with van der Waals surface area (Å²) < 4.78 is 28.7. The molecule has 1 aromatic carbocycles. The largest absolute Gasteiger partial charge is 0.314 e. The van der Waals surface area contributed by atoms with Gasteiger partial charge in [-0.15, -0.1) is 0 Å². The van der Waals surface area contributed by atoms with Crippen molar-refractivity contribution >= 4 is 15.9 Å². The third kappa shape index (κ3) is 4.00. The van der Waals surface area contributed by atoms with E-state index in [2.05, 4.69) is 21.2 Å². The fourth-order valence-corrected chi connectivity index (χ4v) is 2.60. The summed E-state index contributed by atoms with van der Waals surface area (Å²) in [6.45, 7) is 2.84.